The lowest BCUT2D eigenvalue weighted by Crippen LogP contribution is -2.31. The number of anilines is 1. The summed E-state index contributed by atoms with van der Waals surface area (Å²) in [5.74, 6) is -0.223. The van der Waals surface area contributed by atoms with Crippen molar-refractivity contribution in [1.82, 2.24) is 9.78 Å². The number of amides is 1. The largest absolute Gasteiger partial charge is 0.321 e. The molecule has 0 bridgehead atoms. The Hall–Kier alpha value is -3.99. The highest BCUT2D eigenvalue weighted by Gasteiger charge is 2.25. The quantitative estimate of drug-likeness (QED) is 0.429. The molecule has 1 amide bonds. The number of nitrogens with zero attached hydrogens (tertiary/aromatic N) is 2. The van der Waals surface area contributed by atoms with Crippen LogP contribution in [0.15, 0.2) is 83.7 Å². The summed E-state index contributed by atoms with van der Waals surface area (Å²) in [5.41, 5.74) is 5.08. The smallest absolute Gasteiger partial charge is 0.280 e. The molecule has 0 aliphatic rings. The lowest BCUT2D eigenvalue weighted by Gasteiger charge is -2.19. The summed E-state index contributed by atoms with van der Waals surface area (Å²) < 4.78 is 1.24. The average molecular weight is 438 g/mol. The number of benzene rings is 3. The third kappa shape index (κ3) is 4.35. The van der Waals surface area contributed by atoms with E-state index < -0.39 is 11.5 Å². The Morgan fingerprint density at radius 1 is 0.879 bits per heavy atom. The first-order chi connectivity index (χ1) is 15.9. The van der Waals surface area contributed by atoms with Crippen molar-refractivity contribution in [1.29, 1.82) is 0 Å². The lowest BCUT2D eigenvalue weighted by molar-refractivity contribution is 0.102. The summed E-state index contributed by atoms with van der Waals surface area (Å²) in [4.78, 5) is 27.1. The van der Waals surface area contributed by atoms with Crippen molar-refractivity contribution in [3.05, 3.63) is 106 Å². The van der Waals surface area contributed by atoms with E-state index in [0.29, 0.717) is 11.3 Å². The van der Waals surface area contributed by atoms with E-state index in [1.54, 1.807) is 7.05 Å². The number of rotatable bonds is 5. The summed E-state index contributed by atoms with van der Waals surface area (Å²) in [7, 11) is 1.58. The molecule has 5 nitrogen and oxygen atoms in total. The highest BCUT2D eigenvalue weighted by molar-refractivity contribution is 6.11. The molecule has 0 aliphatic carbocycles. The summed E-state index contributed by atoms with van der Waals surface area (Å²) in [6.45, 7) is 6.12. The van der Waals surface area contributed by atoms with Gasteiger partial charge in [-0.2, -0.15) is 5.10 Å². The molecule has 4 aromatic rings. The molecule has 0 spiro atoms. The molecular formula is C28H27N3O2. The van der Waals surface area contributed by atoms with Crippen molar-refractivity contribution in [3.63, 3.8) is 0 Å². The van der Waals surface area contributed by atoms with Gasteiger partial charge in [0.25, 0.3) is 11.5 Å². The maximum Gasteiger partial charge on any atom is 0.280 e. The van der Waals surface area contributed by atoms with Crippen LogP contribution in [0.4, 0.5) is 5.69 Å². The van der Waals surface area contributed by atoms with Crippen LogP contribution in [-0.4, -0.2) is 15.7 Å². The summed E-state index contributed by atoms with van der Waals surface area (Å²) in [6, 6.07) is 25.0. The summed E-state index contributed by atoms with van der Waals surface area (Å²) in [6.07, 6.45) is 0. The zero-order chi connectivity index (χ0) is 23.5. The zero-order valence-electron chi connectivity index (χ0n) is 19.3. The molecule has 0 fully saturated rings. The zero-order valence-corrected chi connectivity index (χ0v) is 19.3. The van der Waals surface area contributed by atoms with Gasteiger partial charge in [0.05, 0.1) is 5.69 Å². The minimum Gasteiger partial charge on any atom is -0.321 e. The molecule has 1 N–H and O–H groups in total. The van der Waals surface area contributed by atoms with Crippen LogP contribution in [0.1, 0.15) is 41.3 Å². The third-order valence-electron chi connectivity index (χ3n) is 5.75. The van der Waals surface area contributed by atoms with Crippen molar-refractivity contribution < 1.29 is 4.79 Å². The number of nitrogens with one attached hydrogen (secondary N) is 1. The van der Waals surface area contributed by atoms with Gasteiger partial charge in [0, 0.05) is 23.9 Å². The Morgan fingerprint density at radius 3 is 2.09 bits per heavy atom. The Morgan fingerprint density at radius 2 is 1.48 bits per heavy atom. The molecule has 1 heterocycles. The van der Waals surface area contributed by atoms with Crippen molar-refractivity contribution in [2.24, 2.45) is 7.05 Å². The summed E-state index contributed by atoms with van der Waals surface area (Å²) >= 11 is 0. The fraction of sp³-hybridized carbons (Fsp3) is 0.179. The van der Waals surface area contributed by atoms with Gasteiger partial charge in [-0.1, -0.05) is 92.7 Å². The molecular weight excluding hydrogens is 410 g/mol. The van der Waals surface area contributed by atoms with Crippen LogP contribution in [-0.2, 0) is 7.05 Å². The van der Waals surface area contributed by atoms with Crippen LogP contribution in [0.2, 0.25) is 0 Å². The van der Waals surface area contributed by atoms with Crippen molar-refractivity contribution >= 4 is 11.6 Å². The predicted molar refractivity (Wildman–Crippen MR) is 134 cm³/mol. The first kappa shape index (κ1) is 22.2. The van der Waals surface area contributed by atoms with Gasteiger partial charge in [0.15, 0.2) is 0 Å². The van der Waals surface area contributed by atoms with Crippen LogP contribution in [0, 0.1) is 6.92 Å². The van der Waals surface area contributed by atoms with Gasteiger partial charge < -0.3 is 5.32 Å². The van der Waals surface area contributed by atoms with E-state index in [0.717, 1.165) is 27.9 Å². The monoisotopic (exact) mass is 437 g/mol. The molecule has 0 saturated carbocycles. The van der Waals surface area contributed by atoms with E-state index in [1.165, 1.54) is 4.68 Å². The minimum absolute atomic E-state index is 0.0792. The fourth-order valence-corrected chi connectivity index (χ4v) is 4.05. The van der Waals surface area contributed by atoms with Gasteiger partial charge in [-0.15, -0.1) is 0 Å². The van der Waals surface area contributed by atoms with Gasteiger partial charge in [0.2, 0.25) is 0 Å². The molecule has 1 aromatic heterocycles. The van der Waals surface area contributed by atoms with Gasteiger partial charge in [-0.3, -0.25) is 9.59 Å². The van der Waals surface area contributed by atoms with E-state index in [4.69, 9.17) is 0 Å². The number of carbonyl (C=O) groups excluding carboxylic acids is 1. The van der Waals surface area contributed by atoms with Crippen LogP contribution >= 0.6 is 0 Å². The van der Waals surface area contributed by atoms with Crippen LogP contribution in [0.25, 0.3) is 22.4 Å². The Balaban J connectivity index is 1.97. The van der Waals surface area contributed by atoms with Crippen LogP contribution < -0.4 is 10.9 Å². The highest BCUT2D eigenvalue weighted by atomic mass is 16.2. The van der Waals surface area contributed by atoms with Crippen LogP contribution in [0.5, 0.6) is 0 Å². The summed E-state index contributed by atoms with van der Waals surface area (Å²) in [5, 5.41) is 7.61. The maximum absolute atomic E-state index is 13.7. The molecule has 0 saturated heterocycles. The standard InChI is InChI=1S/C28H27N3O2/c1-18(2)22-17-11-12-19(3)25(22)29-27(32)24-23(20-13-7-5-8-14-20)26(30-31(4)28(24)33)21-15-9-6-10-16-21/h5-18H,1-4H3,(H,29,32). The topological polar surface area (TPSA) is 64.0 Å². The second-order valence-electron chi connectivity index (χ2n) is 8.41. The number of hydrogen-bond acceptors (Lipinski definition) is 3. The molecule has 0 atom stereocenters. The number of aromatic nitrogens is 2. The molecule has 0 unspecified atom stereocenters. The first-order valence-corrected chi connectivity index (χ1v) is 11.0. The van der Waals surface area contributed by atoms with Gasteiger partial charge >= 0.3 is 0 Å². The Labute approximate surface area is 193 Å². The number of hydrogen-bond donors (Lipinski definition) is 1. The Kier molecular flexibility index (Phi) is 6.22. The average Bonchev–Trinajstić information content (AvgIpc) is 2.82. The second kappa shape index (κ2) is 9.25. The van der Waals surface area contributed by atoms with E-state index in [9.17, 15) is 9.59 Å². The van der Waals surface area contributed by atoms with E-state index >= 15 is 0 Å². The van der Waals surface area contributed by atoms with Crippen molar-refractivity contribution in [2.75, 3.05) is 5.32 Å². The van der Waals surface area contributed by atoms with E-state index in [1.807, 2.05) is 85.8 Å². The predicted octanol–water partition coefficient (Wildman–Crippen LogP) is 5.80. The number of carbonyl (C=O) groups is 1. The van der Waals surface area contributed by atoms with Gasteiger partial charge in [-0.05, 0) is 29.5 Å². The fourth-order valence-electron chi connectivity index (χ4n) is 4.05. The molecule has 166 valence electrons. The lowest BCUT2D eigenvalue weighted by atomic mass is 9.94. The highest BCUT2D eigenvalue weighted by Crippen LogP contribution is 2.33. The van der Waals surface area contributed by atoms with Crippen LogP contribution in [0.3, 0.4) is 0 Å². The van der Waals surface area contributed by atoms with E-state index in [-0.39, 0.29) is 11.5 Å². The van der Waals surface area contributed by atoms with Crippen molar-refractivity contribution in [2.45, 2.75) is 26.7 Å². The molecule has 4 rings (SSSR count). The number of aryl methyl sites for hydroxylation is 2. The first-order valence-electron chi connectivity index (χ1n) is 11.0. The molecule has 33 heavy (non-hydrogen) atoms. The normalized spacial score (nSPS) is 10.9. The molecule has 5 heteroatoms. The van der Waals surface area contributed by atoms with Gasteiger partial charge in [-0.25, -0.2) is 4.68 Å². The third-order valence-corrected chi connectivity index (χ3v) is 5.75. The maximum atomic E-state index is 13.7. The second-order valence-corrected chi connectivity index (χ2v) is 8.41. The molecule has 3 aromatic carbocycles. The number of para-hydroxylation sites is 1. The Bertz CT molecular complexity index is 1360. The minimum atomic E-state index is -0.440. The van der Waals surface area contributed by atoms with E-state index in [2.05, 4.69) is 24.3 Å². The van der Waals surface area contributed by atoms with Crippen molar-refractivity contribution in [3.8, 4) is 22.4 Å². The molecule has 0 aliphatic heterocycles. The molecule has 0 radical (unpaired) electrons. The SMILES string of the molecule is Cc1cccc(C(C)C)c1NC(=O)c1c(-c2ccccc2)c(-c2ccccc2)nn(C)c1=O. The van der Waals surface area contributed by atoms with Gasteiger partial charge in [0.1, 0.15) is 5.56 Å².